The summed E-state index contributed by atoms with van der Waals surface area (Å²) in [5.41, 5.74) is 4.84. The van der Waals surface area contributed by atoms with E-state index in [1.165, 1.54) is 40.3 Å². The second-order valence-electron chi connectivity index (χ2n) is 12.0. The monoisotopic (exact) mass is 538 g/mol. The molecule has 2 amide bonds. The molecule has 210 valence electrons. The molecule has 0 radical (unpaired) electrons. The topological polar surface area (TPSA) is 64.7 Å². The summed E-state index contributed by atoms with van der Waals surface area (Å²) in [4.78, 5) is 31.8. The number of hydrogen-bond donors (Lipinski definition) is 2. The van der Waals surface area contributed by atoms with Gasteiger partial charge in [-0.05, 0) is 97.3 Å². The highest BCUT2D eigenvalue weighted by atomic mass is 16.2. The van der Waals surface area contributed by atoms with Gasteiger partial charge in [0.05, 0.1) is 11.8 Å². The summed E-state index contributed by atoms with van der Waals surface area (Å²) < 4.78 is 0. The molecule has 2 N–H and O–H groups in total. The van der Waals surface area contributed by atoms with Crippen molar-refractivity contribution >= 4 is 28.3 Å². The Morgan fingerprint density at radius 2 is 1.68 bits per heavy atom. The molecular weight excluding hydrogens is 496 g/mol. The average Bonchev–Trinajstić information content (AvgIpc) is 3.64. The zero-order chi connectivity index (χ0) is 27.5. The van der Waals surface area contributed by atoms with Gasteiger partial charge in [0.2, 0.25) is 11.8 Å². The summed E-state index contributed by atoms with van der Waals surface area (Å²) in [7, 11) is 0. The fraction of sp³-hybridized carbons (Fsp3) is 0.471. The van der Waals surface area contributed by atoms with Crippen molar-refractivity contribution in [1.82, 2.24) is 15.1 Å². The van der Waals surface area contributed by atoms with E-state index >= 15 is 0 Å². The Bertz CT molecular complexity index is 1370. The first-order chi connectivity index (χ1) is 19.6. The number of aryl methyl sites for hydroxylation is 2. The van der Waals surface area contributed by atoms with E-state index in [9.17, 15) is 9.59 Å². The molecule has 3 aromatic carbocycles. The zero-order valence-electron chi connectivity index (χ0n) is 23.7. The third-order valence-corrected chi connectivity index (χ3v) is 9.27. The molecule has 40 heavy (non-hydrogen) atoms. The van der Waals surface area contributed by atoms with Gasteiger partial charge in [0.1, 0.15) is 0 Å². The van der Waals surface area contributed by atoms with E-state index in [4.69, 9.17) is 0 Å². The molecule has 1 unspecified atom stereocenters. The maximum absolute atomic E-state index is 13.6. The fourth-order valence-electron chi connectivity index (χ4n) is 7.09. The summed E-state index contributed by atoms with van der Waals surface area (Å²) in [6.07, 6.45) is 6.32. The SMILES string of the molecule is CCN1CCCC1CNC(=O)[C@H]1C[C@@H](C(=O)Nc2ccc3c(c2)CCC3)CN(Cc2ccc3ccccc3c2)C1. The summed E-state index contributed by atoms with van der Waals surface area (Å²) in [5, 5.41) is 8.90. The highest BCUT2D eigenvalue weighted by Gasteiger charge is 2.36. The van der Waals surface area contributed by atoms with Crippen LogP contribution in [-0.4, -0.2) is 60.4 Å². The summed E-state index contributed by atoms with van der Waals surface area (Å²) in [6, 6.07) is 21.7. The second kappa shape index (κ2) is 12.1. The molecule has 2 heterocycles. The van der Waals surface area contributed by atoms with Crippen molar-refractivity contribution in [2.45, 2.75) is 58.0 Å². The number of hydrogen-bond acceptors (Lipinski definition) is 4. The van der Waals surface area contributed by atoms with Crippen LogP contribution < -0.4 is 10.6 Å². The number of nitrogens with one attached hydrogen (secondary N) is 2. The molecule has 0 aromatic heterocycles. The summed E-state index contributed by atoms with van der Waals surface area (Å²) in [5.74, 6) is -0.341. The lowest BCUT2D eigenvalue weighted by Crippen LogP contribution is -2.50. The predicted octanol–water partition coefficient (Wildman–Crippen LogP) is 5.01. The molecule has 0 bridgehead atoms. The molecule has 0 spiro atoms. The fourth-order valence-corrected chi connectivity index (χ4v) is 7.09. The molecule has 3 atom stereocenters. The maximum atomic E-state index is 13.6. The van der Waals surface area contributed by atoms with E-state index in [0.29, 0.717) is 32.1 Å². The Hall–Kier alpha value is -3.22. The Balaban J connectivity index is 1.16. The summed E-state index contributed by atoms with van der Waals surface area (Å²) >= 11 is 0. The smallest absolute Gasteiger partial charge is 0.228 e. The van der Waals surface area contributed by atoms with Gasteiger partial charge in [-0.1, -0.05) is 49.4 Å². The van der Waals surface area contributed by atoms with Gasteiger partial charge < -0.3 is 10.6 Å². The predicted molar refractivity (Wildman–Crippen MR) is 161 cm³/mol. The molecule has 6 rings (SSSR count). The number of rotatable bonds is 8. The van der Waals surface area contributed by atoms with Crippen molar-refractivity contribution in [3.05, 3.63) is 77.4 Å². The number of fused-ring (bicyclic) bond motifs is 2. The highest BCUT2D eigenvalue weighted by Crippen LogP contribution is 2.28. The van der Waals surface area contributed by atoms with Crippen LogP contribution >= 0.6 is 0 Å². The largest absolute Gasteiger partial charge is 0.354 e. The Morgan fingerprint density at radius 3 is 2.52 bits per heavy atom. The van der Waals surface area contributed by atoms with E-state index in [2.05, 4.69) is 82.0 Å². The molecule has 6 nitrogen and oxygen atoms in total. The number of likely N-dealkylation sites (tertiary alicyclic amines) is 2. The van der Waals surface area contributed by atoms with Gasteiger partial charge in [0, 0.05) is 37.9 Å². The minimum atomic E-state index is -0.239. The minimum Gasteiger partial charge on any atom is -0.354 e. The first kappa shape index (κ1) is 27.0. The number of amides is 2. The molecular formula is C34H42N4O2. The van der Waals surface area contributed by atoms with Crippen molar-refractivity contribution in [3.63, 3.8) is 0 Å². The van der Waals surface area contributed by atoms with E-state index < -0.39 is 0 Å². The zero-order valence-corrected chi connectivity index (χ0v) is 23.7. The molecule has 2 saturated heterocycles. The number of anilines is 1. The van der Waals surface area contributed by atoms with Crippen LogP contribution in [-0.2, 0) is 29.0 Å². The minimum absolute atomic E-state index is 0.0203. The first-order valence-electron chi connectivity index (χ1n) is 15.2. The number of piperidine rings is 1. The van der Waals surface area contributed by atoms with E-state index in [1.54, 1.807) is 0 Å². The van der Waals surface area contributed by atoms with Gasteiger partial charge in [-0.15, -0.1) is 0 Å². The second-order valence-corrected chi connectivity index (χ2v) is 12.0. The maximum Gasteiger partial charge on any atom is 0.228 e. The number of carbonyl (C=O) groups excluding carboxylic acids is 2. The normalized spacial score (nSPS) is 23.3. The van der Waals surface area contributed by atoms with Gasteiger partial charge in [-0.25, -0.2) is 0 Å². The molecule has 3 aromatic rings. The van der Waals surface area contributed by atoms with Crippen LogP contribution in [0.25, 0.3) is 10.8 Å². The number of benzene rings is 3. The van der Waals surface area contributed by atoms with Gasteiger partial charge in [0.25, 0.3) is 0 Å². The van der Waals surface area contributed by atoms with Crippen molar-refractivity contribution in [3.8, 4) is 0 Å². The standard InChI is InChI=1S/C34H42N4O2/c1-2-38-16-6-11-32(38)20-35-33(39)29-18-30(34(40)36-31-15-14-26-9-5-10-28(26)19-31)23-37(22-29)21-24-12-13-25-7-3-4-8-27(25)17-24/h3-4,7-8,12-15,17,19,29-30,32H,2,5-6,9-11,16,18,20-23H2,1H3,(H,35,39)(H,36,40)/t29-,30+,32?/m0/s1. The third kappa shape index (κ3) is 6.08. The van der Waals surface area contributed by atoms with E-state index in [-0.39, 0.29) is 23.7 Å². The van der Waals surface area contributed by atoms with Crippen molar-refractivity contribution in [2.24, 2.45) is 11.8 Å². The Morgan fingerprint density at radius 1 is 0.875 bits per heavy atom. The van der Waals surface area contributed by atoms with Gasteiger partial charge >= 0.3 is 0 Å². The van der Waals surface area contributed by atoms with Crippen LogP contribution in [0.4, 0.5) is 5.69 Å². The number of carbonyl (C=O) groups is 2. The Kier molecular flexibility index (Phi) is 8.17. The molecule has 3 aliphatic rings. The molecule has 1 aliphatic carbocycles. The van der Waals surface area contributed by atoms with Crippen molar-refractivity contribution in [2.75, 3.05) is 38.0 Å². The quantitative estimate of drug-likeness (QED) is 0.424. The van der Waals surface area contributed by atoms with Crippen LogP contribution in [0, 0.1) is 11.8 Å². The number of nitrogens with zero attached hydrogens (tertiary/aromatic N) is 2. The number of likely N-dealkylation sites (N-methyl/N-ethyl adjacent to an activating group) is 1. The van der Waals surface area contributed by atoms with Crippen molar-refractivity contribution in [1.29, 1.82) is 0 Å². The Labute approximate surface area is 238 Å². The van der Waals surface area contributed by atoms with Crippen LogP contribution in [0.15, 0.2) is 60.7 Å². The molecule has 2 fully saturated rings. The molecule has 0 saturated carbocycles. The van der Waals surface area contributed by atoms with Crippen LogP contribution in [0.5, 0.6) is 0 Å². The van der Waals surface area contributed by atoms with E-state index in [1.807, 2.05) is 6.07 Å². The summed E-state index contributed by atoms with van der Waals surface area (Å²) in [6.45, 7) is 7.07. The highest BCUT2D eigenvalue weighted by molar-refractivity contribution is 5.93. The molecule has 6 heteroatoms. The third-order valence-electron chi connectivity index (χ3n) is 9.27. The van der Waals surface area contributed by atoms with Gasteiger partial charge in [-0.3, -0.25) is 19.4 Å². The molecule has 2 aliphatic heterocycles. The van der Waals surface area contributed by atoms with Crippen LogP contribution in [0.3, 0.4) is 0 Å². The van der Waals surface area contributed by atoms with E-state index in [0.717, 1.165) is 44.6 Å². The average molecular weight is 539 g/mol. The van der Waals surface area contributed by atoms with Gasteiger partial charge in [0.15, 0.2) is 0 Å². The lowest BCUT2D eigenvalue weighted by molar-refractivity contribution is -0.130. The lowest BCUT2D eigenvalue weighted by Gasteiger charge is -2.37. The van der Waals surface area contributed by atoms with Crippen LogP contribution in [0.2, 0.25) is 0 Å². The van der Waals surface area contributed by atoms with Crippen LogP contribution in [0.1, 0.15) is 49.3 Å². The lowest BCUT2D eigenvalue weighted by atomic mass is 9.87. The van der Waals surface area contributed by atoms with Crippen molar-refractivity contribution < 1.29 is 9.59 Å². The first-order valence-corrected chi connectivity index (χ1v) is 15.2. The van der Waals surface area contributed by atoms with Gasteiger partial charge in [-0.2, -0.15) is 0 Å².